The van der Waals surface area contributed by atoms with Crippen LogP contribution in [0.5, 0.6) is 5.75 Å². The summed E-state index contributed by atoms with van der Waals surface area (Å²) in [7, 11) is 1.73. The predicted molar refractivity (Wildman–Crippen MR) is 102 cm³/mol. The van der Waals surface area contributed by atoms with Crippen molar-refractivity contribution in [3.8, 4) is 5.75 Å². The Morgan fingerprint density at radius 1 is 1.20 bits per heavy atom. The molecule has 2 aliphatic heterocycles. The van der Waals surface area contributed by atoms with Crippen molar-refractivity contribution in [2.24, 2.45) is 17.3 Å². The Hall–Kier alpha value is -0.810. The summed E-state index contributed by atoms with van der Waals surface area (Å²) in [5.41, 5.74) is 1.56. The summed E-state index contributed by atoms with van der Waals surface area (Å²) in [6, 6.07) is 8.33. The summed E-state index contributed by atoms with van der Waals surface area (Å²) in [5.74, 6) is 2.75. The molecule has 25 heavy (non-hydrogen) atoms. The maximum absolute atomic E-state index is 6.21. The summed E-state index contributed by atoms with van der Waals surface area (Å²) in [6.45, 7) is 7.72. The number of fused-ring (bicyclic) bond motifs is 1. The Morgan fingerprint density at radius 2 is 1.96 bits per heavy atom. The summed E-state index contributed by atoms with van der Waals surface area (Å²) in [5, 5.41) is 3.54. The number of methoxy groups -OCH3 is 1. The maximum atomic E-state index is 6.21. The van der Waals surface area contributed by atoms with Crippen molar-refractivity contribution < 1.29 is 9.47 Å². The van der Waals surface area contributed by atoms with Gasteiger partial charge >= 0.3 is 0 Å². The number of nitrogens with zero attached hydrogens (tertiary/aromatic N) is 1. The SMILES string of the molecule is COCc1cccc(OCC2(CN3C[C@H]4CNC[C@H]4C3)CCC2)c1.Cl. The number of nitrogens with one attached hydrogen (secondary N) is 1. The number of hydrogen-bond acceptors (Lipinski definition) is 4. The van der Waals surface area contributed by atoms with Crippen LogP contribution in [0.2, 0.25) is 0 Å². The van der Waals surface area contributed by atoms with Crippen molar-refractivity contribution in [1.29, 1.82) is 0 Å². The zero-order valence-corrected chi connectivity index (χ0v) is 16.0. The molecule has 0 spiro atoms. The van der Waals surface area contributed by atoms with Gasteiger partial charge in [-0.15, -0.1) is 12.4 Å². The van der Waals surface area contributed by atoms with Gasteiger partial charge in [-0.05, 0) is 55.5 Å². The quantitative estimate of drug-likeness (QED) is 0.804. The van der Waals surface area contributed by atoms with Crippen molar-refractivity contribution >= 4 is 12.4 Å². The molecule has 1 N–H and O–H groups in total. The monoisotopic (exact) mass is 366 g/mol. The average Bonchev–Trinajstić information content (AvgIpc) is 3.12. The van der Waals surface area contributed by atoms with Gasteiger partial charge in [-0.1, -0.05) is 18.6 Å². The van der Waals surface area contributed by atoms with Crippen molar-refractivity contribution in [3.63, 3.8) is 0 Å². The lowest BCUT2D eigenvalue weighted by atomic mass is 9.69. The van der Waals surface area contributed by atoms with Gasteiger partial charge < -0.3 is 19.7 Å². The number of hydrogen-bond donors (Lipinski definition) is 1. The Morgan fingerprint density at radius 3 is 2.60 bits per heavy atom. The number of ether oxygens (including phenoxy) is 2. The molecule has 0 bridgehead atoms. The second-order valence-corrected chi connectivity index (χ2v) is 8.10. The third-order valence-electron chi connectivity index (χ3n) is 6.19. The summed E-state index contributed by atoms with van der Waals surface area (Å²) in [6.07, 6.45) is 3.99. The normalized spacial score (nSPS) is 27.4. The van der Waals surface area contributed by atoms with E-state index in [0.717, 1.165) is 24.2 Å². The molecule has 2 atom stereocenters. The van der Waals surface area contributed by atoms with Gasteiger partial charge in [0.2, 0.25) is 0 Å². The third kappa shape index (κ3) is 4.30. The molecular formula is C20H31ClN2O2. The summed E-state index contributed by atoms with van der Waals surface area (Å²) < 4.78 is 11.4. The second-order valence-electron chi connectivity index (χ2n) is 8.10. The molecule has 0 amide bonds. The minimum absolute atomic E-state index is 0. The molecule has 4 nitrogen and oxygen atoms in total. The van der Waals surface area contributed by atoms with E-state index in [2.05, 4.69) is 34.5 Å². The van der Waals surface area contributed by atoms with E-state index in [1.54, 1.807) is 7.11 Å². The Kier molecular flexibility index (Phi) is 6.26. The molecule has 5 heteroatoms. The number of halogens is 1. The van der Waals surface area contributed by atoms with Crippen molar-refractivity contribution in [3.05, 3.63) is 29.8 Å². The van der Waals surface area contributed by atoms with E-state index in [9.17, 15) is 0 Å². The first kappa shape index (κ1) is 19.0. The minimum Gasteiger partial charge on any atom is -0.493 e. The molecule has 3 aliphatic rings. The number of rotatable bonds is 7. The van der Waals surface area contributed by atoms with E-state index in [1.807, 2.05) is 0 Å². The van der Waals surface area contributed by atoms with Gasteiger partial charge in [0.15, 0.2) is 0 Å². The van der Waals surface area contributed by atoms with Crippen LogP contribution in [0.25, 0.3) is 0 Å². The van der Waals surface area contributed by atoms with Crippen molar-refractivity contribution in [2.75, 3.05) is 46.4 Å². The largest absolute Gasteiger partial charge is 0.493 e. The smallest absolute Gasteiger partial charge is 0.119 e. The van der Waals surface area contributed by atoms with Gasteiger partial charge in [-0.3, -0.25) is 0 Å². The molecule has 0 aromatic heterocycles. The van der Waals surface area contributed by atoms with Gasteiger partial charge in [-0.2, -0.15) is 0 Å². The lowest BCUT2D eigenvalue weighted by molar-refractivity contribution is 0.0224. The maximum Gasteiger partial charge on any atom is 0.119 e. The van der Waals surface area contributed by atoms with Crippen LogP contribution in [0.15, 0.2) is 24.3 Å². The van der Waals surface area contributed by atoms with Crippen LogP contribution in [-0.4, -0.2) is 51.3 Å². The van der Waals surface area contributed by atoms with E-state index in [1.165, 1.54) is 57.5 Å². The third-order valence-corrected chi connectivity index (χ3v) is 6.19. The lowest BCUT2D eigenvalue weighted by Gasteiger charge is -2.44. The Bertz CT molecular complexity index is 552. The lowest BCUT2D eigenvalue weighted by Crippen LogP contribution is -2.46. The molecule has 3 fully saturated rings. The molecule has 1 aromatic rings. The molecule has 0 radical (unpaired) electrons. The zero-order chi connectivity index (χ0) is 16.4. The predicted octanol–water partition coefficient (Wildman–Crippen LogP) is 2.96. The van der Waals surface area contributed by atoms with Gasteiger partial charge in [0.1, 0.15) is 5.75 Å². The summed E-state index contributed by atoms with van der Waals surface area (Å²) in [4.78, 5) is 2.71. The molecule has 140 valence electrons. The first-order valence-electron chi connectivity index (χ1n) is 9.40. The standard InChI is InChI=1S/C20H30N2O2.ClH/c1-23-13-16-4-2-5-19(8-16)24-15-20(6-3-7-20)14-22-11-17-9-21-10-18(17)12-22;/h2,4-5,8,17-18,21H,3,6-7,9-15H2,1H3;1H/t17-,18+;. The van der Waals surface area contributed by atoms with Gasteiger partial charge in [0.05, 0.1) is 13.2 Å². The van der Waals surface area contributed by atoms with Gasteiger partial charge in [-0.25, -0.2) is 0 Å². The fraction of sp³-hybridized carbons (Fsp3) is 0.700. The Labute approximate surface area is 157 Å². The molecule has 0 unspecified atom stereocenters. The Balaban J connectivity index is 0.00000182. The molecule has 1 saturated carbocycles. The highest BCUT2D eigenvalue weighted by Crippen LogP contribution is 2.43. The zero-order valence-electron chi connectivity index (χ0n) is 15.2. The minimum atomic E-state index is 0. The van der Waals surface area contributed by atoms with Crippen LogP contribution in [0.3, 0.4) is 0 Å². The van der Waals surface area contributed by atoms with E-state index in [4.69, 9.17) is 9.47 Å². The number of benzene rings is 1. The molecule has 1 aromatic carbocycles. The van der Waals surface area contributed by atoms with Gasteiger partial charge in [0, 0.05) is 32.2 Å². The molecule has 2 heterocycles. The second kappa shape index (κ2) is 8.26. The van der Waals surface area contributed by atoms with E-state index >= 15 is 0 Å². The highest BCUT2D eigenvalue weighted by atomic mass is 35.5. The van der Waals surface area contributed by atoms with Crippen LogP contribution in [0.4, 0.5) is 0 Å². The highest BCUT2D eigenvalue weighted by molar-refractivity contribution is 5.85. The highest BCUT2D eigenvalue weighted by Gasteiger charge is 2.43. The molecule has 1 aliphatic carbocycles. The van der Waals surface area contributed by atoms with E-state index in [0.29, 0.717) is 12.0 Å². The fourth-order valence-corrected chi connectivity index (χ4v) is 4.71. The number of likely N-dealkylation sites (tertiary alicyclic amines) is 1. The van der Waals surface area contributed by atoms with E-state index in [-0.39, 0.29) is 12.4 Å². The van der Waals surface area contributed by atoms with Crippen LogP contribution in [0, 0.1) is 17.3 Å². The first-order chi connectivity index (χ1) is 11.8. The van der Waals surface area contributed by atoms with E-state index < -0.39 is 0 Å². The van der Waals surface area contributed by atoms with Crippen LogP contribution >= 0.6 is 12.4 Å². The first-order valence-corrected chi connectivity index (χ1v) is 9.40. The van der Waals surface area contributed by atoms with Gasteiger partial charge in [0.25, 0.3) is 0 Å². The molecule has 4 rings (SSSR count). The van der Waals surface area contributed by atoms with Crippen LogP contribution in [0.1, 0.15) is 24.8 Å². The molecule has 2 saturated heterocycles. The fourth-order valence-electron chi connectivity index (χ4n) is 4.71. The van der Waals surface area contributed by atoms with Crippen LogP contribution < -0.4 is 10.1 Å². The summed E-state index contributed by atoms with van der Waals surface area (Å²) >= 11 is 0. The topological polar surface area (TPSA) is 33.7 Å². The molecular weight excluding hydrogens is 336 g/mol. The van der Waals surface area contributed by atoms with Crippen molar-refractivity contribution in [1.82, 2.24) is 10.2 Å². The van der Waals surface area contributed by atoms with Crippen molar-refractivity contribution in [2.45, 2.75) is 25.9 Å². The average molecular weight is 367 g/mol. The van der Waals surface area contributed by atoms with Crippen LogP contribution in [-0.2, 0) is 11.3 Å².